The molecule has 1 atom stereocenters. The van der Waals surface area contributed by atoms with Crippen molar-refractivity contribution in [1.29, 1.82) is 0 Å². The molecule has 0 aliphatic rings. The van der Waals surface area contributed by atoms with Gasteiger partial charge in [-0.1, -0.05) is 12.1 Å². The Balaban J connectivity index is 2.51. The van der Waals surface area contributed by atoms with Crippen LogP contribution in [0.1, 0.15) is 22.7 Å². The van der Waals surface area contributed by atoms with E-state index in [1.807, 2.05) is 0 Å². The predicted molar refractivity (Wildman–Crippen MR) is 66.6 cm³/mol. The first-order chi connectivity index (χ1) is 8.95. The molecule has 1 N–H and O–H groups in total. The van der Waals surface area contributed by atoms with Crippen molar-refractivity contribution in [3.8, 4) is 0 Å². The summed E-state index contributed by atoms with van der Waals surface area (Å²) in [6.07, 6.45) is -4.69. The van der Waals surface area contributed by atoms with Gasteiger partial charge >= 0.3 is 6.18 Å². The smallest absolute Gasteiger partial charge is 0.309 e. The lowest BCUT2D eigenvalue weighted by molar-refractivity contribution is -0.140. The molecule has 0 saturated heterocycles. The second-order valence-electron chi connectivity index (χ2n) is 3.98. The number of alkyl halides is 3. The monoisotopic (exact) mass is 289 g/mol. The number of hydrogen-bond donors (Lipinski definition) is 1. The Morgan fingerprint density at radius 1 is 1.21 bits per heavy atom. The fourth-order valence-electron chi connectivity index (χ4n) is 1.93. The van der Waals surface area contributed by atoms with Crippen LogP contribution in [0.3, 0.4) is 0 Å². The van der Waals surface area contributed by atoms with Gasteiger partial charge in [0, 0.05) is 5.56 Å². The Labute approximate surface area is 111 Å². The Morgan fingerprint density at radius 3 is 2.47 bits per heavy atom. The highest BCUT2D eigenvalue weighted by molar-refractivity contribution is 7.08. The first kappa shape index (κ1) is 14.0. The van der Waals surface area contributed by atoms with Gasteiger partial charge in [0.1, 0.15) is 5.82 Å². The number of nitrogens with one attached hydrogen (secondary N) is 1. The van der Waals surface area contributed by atoms with Crippen molar-refractivity contribution in [2.45, 2.75) is 12.2 Å². The van der Waals surface area contributed by atoms with E-state index in [-0.39, 0.29) is 5.56 Å². The van der Waals surface area contributed by atoms with Gasteiger partial charge in [0.15, 0.2) is 0 Å². The van der Waals surface area contributed by atoms with E-state index < -0.39 is 23.6 Å². The largest absolute Gasteiger partial charge is 0.419 e. The normalized spacial score (nSPS) is 13.5. The van der Waals surface area contributed by atoms with Gasteiger partial charge in [0.05, 0.1) is 11.6 Å². The Morgan fingerprint density at radius 2 is 1.95 bits per heavy atom. The van der Waals surface area contributed by atoms with Crippen LogP contribution in [0.2, 0.25) is 0 Å². The zero-order chi connectivity index (χ0) is 14.0. The molecular formula is C13H11F4NS. The molecule has 0 bridgehead atoms. The summed E-state index contributed by atoms with van der Waals surface area (Å²) in [5.74, 6) is -1.22. The molecule has 1 heterocycles. The van der Waals surface area contributed by atoms with Gasteiger partial charge in [0.25, 0.3) is 0 Å². The van der Waals surface area contributed by atoms with Crippen LogP contribution in [-0.2, 0) is 6.18 Å². The molecule has 0 amide bonds. The molecular weight excluding hydrogens is 278 g/mol. The fourth-order valence-corrected chi connectivity index (χ4v) is 2.62. The minimum Gasteiger partial charge on any atom is -0.309 e. The molecule has 1 aromatic carbocycles. The van der Waals surface area contributed by atoms with Gasteiger partial charge < -0.3 is 5.32 Å². The van der Waals surface area contributed by atoms with E-state index in [0.717, 1.165) is 11.6 Å². The molecule has 1 aromatic heterocycles. The minimum absolute atomic E-state index is 0.00396. The average Bonchev–Trinajstić information content (AvgIpc) is 2.84. The number of halogens is 4. The first-order valence-corrected chi connectivity index (χ1v) is 6.44. The van der Waals surface area contributed by atoms with Crippen LogP contribution in [0, 0.1) is 5.82 Å². The van der Waals surface area contributed by atoms with Crippen LogP contribution in [0.25, 0.3) is 0 Å². The lowest BCUT2D eigenvalue weighted by atomic mass is 9.98. The van der Waals surface area contributed by atoms with Gasteiger partial charge in [-0.05, 0) is 35.5 Å². The third-order valence-corrected chi connectivity index (χ3v) is 3.51. The van der Waals surface area contributed by atoms with Crippen LogP contribution in [0.15, 0.2) is 35.0 Å². The van der Waals surface area contributed by atoms with Crippen LogP contribution in [-0.4, -0.2) is 7.05 Å². The molecule has 1 nitrogen and oxygen atoms in total. The molecule has 0 aliphatic heterocycles. The quantitative estimate of drug-likeness (QED) is 0.834. The standard InChI is InChI=1S/C13H11F4NS/c1-18-12(8-5-6-19-7-8)9-3-2-4-10(11(9)14)13(15,16)17/h2-7,12,18H,1H3. The van der Waals surface area contributed by atoms with E-state index in [0.29, 0.717) is 0 Å². The van der Waals surface area contributed by atoms with Gasteiger partial charge in [-0.15, -0.1) is 0 Å². The van der Waals surface area contributed by atoms with Crippen molar-refractivity contribution in [3.63, 3.8) is 0 Å². The van der Waals surface area contributed by atoms with Gasteiger partial charge in [-0.25, -0.2) is 4.39 Å². The molecule has 0 fully saturated rings. The lowest BCUT2D eigenvalue weighted by Gasteiger charge is -2.18. The first-order valence-electron chi connectivity index (χ1n) is 5.50. The Bertz CT molecular complexity index is 548. The highest BCUT2D eigenvalue weighted by Gasteiger charge is 2.35. The molecule has 6 heteroatoms. The summed E-state index contributed by atoms with van der Waals surface area (Å²) in [4.78, 5) is 0. The number of hydrogen-bond acceptors (Lipinski definition) is 2. The summed E-state index contributed by atoms with van der Waals surface area (Å²) in [7, 11) is 1.59. The Hall–Kier alpha value is -1.40. The third kappa shape index (κ3) is 2.79. The summed E-state index contributed by atoms with van der Waals surface area (Å²) in [5, 5.41) is 6.42. The molecule has 2 rings (SSSR count). The minimum atomic E-state index is -4.69. The summed E-state index contributed by atoms with van der Waals surface area (Å²) in [6, 6.07) is 4.50. The van der Waals surface area contributed by atoms with E-state index in [2.05, 4.69) is 5.32 Å². The summed E-state index contributed by atoms with van der Waals surface area (Å²) < 4.78 is 52.1. The summed E-state index contributed by atoms with van der Waals surface area (Å²) in [5.41, 5.74) is -0.498. The highest BCUT2D eigenvalue weighted by Crippen LogP contribution is 2.35. The van der Waals surface area contributed by atoms with E-state index in [1.165, 1.54) is 23.5 Å². The topological polar surface area (TPSA) is 12.0 Å². The number of thiophene rings is 1. The maximum Gasteiger partial charge on any atom is 0.419 e. The molecule has 0 radical (unpaired) electrons. The second-order valence-corrected chi connectivity index (χ2v) is 4.76. The van der Waals surface area contributed by atoms with Crippen molar-refractivity contribution in [2.24, 2.45) is 0 Å². The van der Waals surface area contributed by atoms with Crippen molar-refractivity contribution >= 4 is 11.3 Å². The lowest BCUT2D eigenvalue weighted by Crippen LogP contribution is -2.20. The van der Waals surface area contributed by atoms with Gasteiger partial charge in [0.2, 0.25) is 0 Å². The van der Waals surface area contributed by atoms with E-state index in [9.17, 15) is 17.6 Å². The highest BCUT2D eigenvalue weighted by atomic mass is 32.1. The van der Waals surface area contributed by atoms with Crippen LogP contribution in [0.4, 0.5) is 17.6 Å². The molecule has 0 spiro atoms. The van der Waals surface area contributed by atoms with Crippen LogP contribution in [0.5, 0.6) is 0 Å². The number of benzene rings is 1. The SMILES string of the molecule is CNC(c1ccsc1)c1cccc(C(F)(F)F)c1F. The fraction of sp³-hybridized carbons (Fsp3) is 0.231. The van der Waals surface area contributed by atoms with Crippen LogP contribution >= 0.6 is 11.3 Å². The molecule has 2 aromatic rings. The van der Waals surface area contributed by atoms with Crippen molar-refractivity contribution in [1.82, 2.24) is 5.32 Å². The van der Waals surface area contributed by atoms with Crippen molar-refractivity contribution < 1.29 is 17.6 Å². The molecule has 102 valence electrons. The van der Waals surface area contributed by atoms with Gasteiger partial charge in [-0.3, -0.25) is 0 Å². The molecule has 1 unspecified atom stereocenters. The zero-order valence-electron chi connectivity index (χ0n) is 9.96. The van der Waals surface area contributed by atoms with Crippen LogP contribution < -0.4 is 5.32 Å². The number of rotatable bonds is 3. The van der Waals surface area contributed by atoms with E-state index in [4.69, 9.17) is 0 Å². The molecule has 0 saturated carbocycles. The second kappa shape index (κ2) is 5.30. The summed E-state index contributed by atoms with van der Waals surface area (Å²) in [6.45, 7) is 0. The van der Waals surface area contributed by atoms with E-state index >= 15 is 0 Å². The maximum absolute atomic E-state index is 14.0. The van der Waals surface area contributed by atoms with Crippen molar-refractivity contribution in [2.75, 3.05) is 7.05 Å². The van der Waals surface area contributed by atoms with Crippen molar-refractivity contribution in [3.05, 3.63) is 57.5 Å². The molecule has 0 aliphatic carbocycles. The third-order valence-electron chi connectivity index (χ3n) is 2.81. The zero-order valence-corrected chi connectivity index (χ0v) is 10.8. The predicted octanol–water partition coefficient (Wildman–Crippen LogP) is 4.21. The summed E-state index contributed by atoms with van der Waals surface area (Å²) >= 11 is 1.41. The van der Waals surface area contributed by atoms with Gasteiger partial charge in [-0.2, -0.15) is 24.5 Å². The average molecular weight is 289 g/mol. The van der Waals surface area contributed by atoms with E-state index in [1.54, 1.807) is 23.9 Å². The maximum atomic E-state index is 14.0. The Kier molecular flexibility index (Phi) is 3.91. The molecule has 19 heavy (non-hydrogen) atoms.